The first kappa shape index (κ1) is 12.8. The van der Waals surface area contributed by atoms with E-state index < -0.39 is 0 Å². The van der Waals surface area contributed by atoms with Crippen molar-refractivity contribution in [2.24, 2.45) is 0 Å². The van der Waals surface area contributed by atoms with Gasteiger partial charge in [0.25, 0.3) is 0 Å². The summed E-state index contributed by atoms with van der Waals surface area (Å²) in [6.07, 6.45) is 1.03. The van der Waals surface area contributed by atoms with Crippen molar-refractivity contribution in [1.82, 2.24) is 0 Å². The van der Waals surface area contributed by atoms with Gasteiger partial charge in [-0.05, 0) is 37.1 Å². The molecule has 0 radical (unpaired) electrons. The molecule has 0 saturated carbocycles. The van der Waals surface area contributed by atoms with Crippen molar-refractivity contribution in [3.05, 3.63) is 28.8 Å². The molecule has 16 heavy (non-hydrogen) atoms. The van der Waals surface area contributed by atoms with E-state index in [9.17, 15) is 4.79 Å². The molecule has 0 saturated heterocycles. The number of esters is 1. The molecule has 0 bridgehead atoms. The number of methoxy groups -OCH3 is 1. The van der Waals surface area contributed by atoms with Crippen LogP contribution in [0.1, 0.15) is 18.4 Å². The summed E-state index contributed by atoms with van der Waals surface area (Å²) >= 11 is 5.82. The van der Waals surface area contributed by atoms with Crippen LogP contribution in [0.25, 0.3) is 0 Å². The Labute approximate surface area is 100 Å². The fourth-order valence-electron chi connectivity index (χ4n) is 1.28. The third kappa shape index (κ3) is 4.11. The molecule has 0 aliphatic carbocycles. The molecule has 0 unspecified atom stereocenters. The van der Waals surface area contributed by atoms with Crippen LogP contribution in [0, 0.1) is 6.92 Å². The summed E-state index contributed by atoms with van der Waals surface area (Å²) in [4.78, 5) is 10.8. The molecule has 0 spiro atoms. The Morgan fingerprint density at radius 1 is 1.44 bits per heavy atom. The average Bonchev–Trinajstić information content (AvgIpc) is 2.26. The predicted molar refractivity (Wildman–Crippen MR) is 62.9 cm³/mol. The van der Waals surface area contributed by atoms with Crippen molar-refractivity contribution < 1.29 is 14.3 Å². The first-order valence-corrected chi connectivity index (χ1v) is 5.47. The summed E-state index contributed by atoms with van der Waals surface area (Å²) in [6, 6.07) is 5.46. The van der Waals surface area contributed by atoms with Crippen molar-refractivity contribution in [2.75, 3.05) is 13.7 Å². The zero-order valence-electron chi connectivity index (χ0n) is 9.46. The van der Waals surface area contributed by atoms with E-state index in [-0.39, 0.29) is 5.97 Å². The molecule has 1 aromatic rings. The predicted octanol–water partition coefficient (Wildman–Crippen LogP) is 2.98. The standard InChI is InChI=1S/C12H15ClO3/c1-9-8-10(13)5-6-11(9)16-7-3-4-12(14)15-2/h5-6,8H,3-4,7H2,1-2H3. The number of ether oxygens (including phenoxy) is 2. The number of aryl methyl sites for hydroxylation is 1. The molecule has 1 rings (SSSR count). The fraction of sp³-hybridized carbons (Fsp3) is 0.417. The van der Waals surface area contributed by atoms with Gasteiger partial charge in [-0.1, -0.05) is 11.6 Å². The third-order valence-electron chi connectivity index (χ3n) is 2.15. The van der Waals surface area contributed by atoms with Gasteiger partial charge in [0.15, 0.2) is 0 Å². The van der Waals surface area contributed by atoms with Crippen LogP contribution in [-0.2, 0) is 9.53 Å². The van der Waals surface area contributed by atoms with Crippen LogP contribution in [0.5, 0.6) is 5.75 Å². The van der Waals surface area contributed by atoms with E-state index in [1.165, 1.54) is 7.11 Å². The van der Waals surface area contributed by atoms with Crippen LogP contribution in [-0.4, -0.2) is 19.7 Å². The molecule has 0 fully saturated rings. The zero-order chi connectivity index (χ0) is 12.0. The topological polar surface area (TPSA) is 35.5 Å². The van der Waals surface area contributed by atoms with Crippen LogP contribution >= 0.6 is 11.6 Å². The van der Waals surface area contributed by atoms with E-state index in [2.05, 4.69) is 4.74 Å². The van der Waals surface area contributed by atoms with Crippen LogP contribution in [0.2, 0.25) is 5.02 Å². The number of carbonyl (C=O) groups excluding carboxylic acids is 1. The molecule has 0 aliphatic heterocycles. The summed E-state index contributed by atoms with van der Waals surface area (Å²) in [6.45, 7) is 2.43. The monoisotopic (exact) mass is 242 g/mol. The minimum Gasteiger partial charge on any atom is -0.493 e. The maximum absolute atomic E-state index is 10.8. The highest BCUT2D eigenvalue weighted by molar-refractivity contribution is 6.30. The van der Waals surface area contributed by atoms with E-state index in [0.717, 1.165) is 11.3 Å². The molecule has 0 aromatic heterocycles. The molecule has 0 atom stereocenters. The molecule has 0 N–H and O–H groups in total. The second-order valence-electron chi connectivity index (χ2n) is 3.44. The highest BCUT2D eigenvalue weighted by Gasteiger charge is 2.02. The minimum absolute atomic E-state index is 0.212. The SMILES string of the molecule is COC(=O)CCCOc1ccc(Cl)cc1C. The number of halogens is 1. The zero-order valence-corrected chi connectivity index (χ0v) is 10.2. The molecule has 1 aromatic carbocycles. The van der Waals surface area contributed by atoms with Gasteiger partial charge in [-0.15, -0.1) is 0 Å². The van der Waals surface area contributed by atoms with Crippen molar-refractivity contribution in [1.29, 1.82) is 0 Å². The number of rotatable bonds is 5. The molecule has 4 heteroatoms. The molecule has 3 nitrogen and oxygen atoms in total. The summed E-state index contributed by atoms with van der Waals surface area (Å²) in [7, 11) is 1.38. The van der Waals surface area contributed by atoms with Crippen LogP contribution in [0.3, 0.4) is 0 Å². The van der Waals surface area contributed by atoms with Gasteiger partial charge in [0.05, 0.1) is 13.7 Å². The summed E-state index contributed by atoms with van der Waals surface area (Å²) < 4.78 is 10.1. The van der Waals surface area contributed by atoms with Crippen LogP contribution in [0.4, 0.5) is 0 Å². The van der Waals surface area contributed by atoms with Crippen LogP contribution < -0.4 is 4.74 Å². The van der Waals surface area contributed by atoms with E-state index in [4.69, 9.17) is 16.3 Å². The van der Waals surface area contributed by atoms with Crippen LogP contribution in [0.15, 0.2) is 18.2 Å². The van der Waals surface area contributed by atoms with Gasteiger partial charge in [-0.25, -0.2) is 0 Å². The van der Waals surface area contributed by atoms with Crippen molar-refractivity contribution in [2.45, 2.75) is 19.8 Å². The average molecular weight is 243 g/mol. The highest BCUT2D eigenvalue weighted by atomic mass is 35.5. The quantitative estimate of drug-likeness (QED) is 0.588. The summed E-state index contributed by atoms with van der Waals surface area (Å²) in [5, 5.41) is 0.694. The van der Waals surface area contributed by atoms with E-state index in [1.807, 2.05) is 19.1 Å². The van der Waals surface area contributed by atoms with Gasteiger partial charge < -0.3 is 9.47 Å². The maximum Gasteiger partial charge on any atom is 0.305 e. The van der Waals surface area contributed by atoms with E-state index >= 15 is 0 Å². The summed E-state index contributed by atoms with van der Waals surface area (Å²) in [5.41, 5.74) is 0.991. The second-order valence-corrected chi connectivity index (χ2v) is 3.87. The Morgan fingerprint density at radius 2 is 2.19 bits per heavy atom. The molecule has 0 amide bonds. The maximum atomic E-state index is 10.8. The van der Waals surface area contributed by atoms with Crippen molar-refractivity contribution in [3.8, 4) is 5.75 Å². The second kappa shape index (κ2) is 6.38. The minimum atomic E-state index is -0.212. The van der Waals surface area contributed by atoms with Crippen molar-refractivity contribution in [3.63, 3.8) is 0 Å². The lowest BCUT2D eigenvalue weighted by molar-refractivity contribution is -0.140. The van der Waals surface area contributed by atoms with Gasteiger partial charge in [0.2, 0.25) is 0 Å². The van der Waals surface area contributed by atoms with Gasteiger partial charge in [-0.2, -0.15) is 0 Å². The van der Waals surface area contributed by atoms with Gasteiger partial charge in [0, 0.05) is 11.4 Å². The third-order valence-corrected chi connectivity index (χ3v) is 2.38. The first-order chi connectivity index (χ1) is 7.63. The molecule has 0 aliphatic rings. The molecule has 88 valence electrons. The number of carbonyl (C=O) groups is 1. The number of hydrogen-bond donors (Lipinski definition) is 0. The lowest BCUT2D eigenvalue weighted by Crippen LogP contribution is -2.05. The Hall–Kier alpha value is -1.22. The highest BCUT2D eigenvalue weighted by Crippen LogP contribution is 2.21. The Morgan fingerprint density at radius 3 is 2.81 bits per heavy atom. The fourth-order valence-corrected chi connectivity index (χ4v) is 1.50. The van der Waals surface area contributed by atoms with Gasteiger partial charge >= 0.3 is 5.97 Å². The van der Waals surface area contributed by atoms with Crippen molar-refractivity contribution >= 4 is 17.6 Å². The molecular weight excluding hydrogens is 228 g/mol. The Bertz CT molecular complexity index is 363. The largest absolute Gasteiger partial charge is 0.493 e. The van der Waals surface area contributed by atoms with E-state index in [1.54, 1.807) is 6.07 Å². The number of benzene rings is 1. The lowest BCUT2D eigenvalue weighted by atomic mass is 10.2. The summed E-state index contributed by atoms with van der Waals surface area (Å²) in [5.74, 6) is 0.589. The van der Waals surface area contributed by atoms with Gasteiger partial charge in [-0.3, -0.25) is 4.79 Å². The normalized spacial score (nSPS) is 9.94. The molecular formula is C12H15ClO3. The smallest absolute Gasteiger partial charge is 0.305 e. The van der Waals surface area contributed by atoms with Gasteiger partial charge in [0.1, 0.15) is 5.75 Å². The Kier molecular flexibility index (Phi) is 5.12. The van der Waals surface area contributed by atoms with E-state index in [0.29, 0.717) is 24.5 Å². The molecule has 0 heterocycles. The first-order valence-electron chi connectivity index (χ1n) is 5.09. The lowest BCUT2D eigenvalue weighted by Gasteiger charge is -2.08. The Balaban J connectivity index is 2.35. The number of hydrogen-bond acceptors (Lipinski definition) is 3.